The zero-order valence-corrected chi connectivity index (χ0v) is 13.6. The zero-order valence-electron chi connectivity index (χ0n) is 12.1. The number of rotatable bonds is 7. The first-order valence-corrected chi connectivity index (χ1v) is 7.39. The molecule has 114 valence electrons. The minimum absolute atomic E-state index is 0.0488. The number of furan rings is 1. The SMILES string of the molecule is COc1ccc(C(CCc2ccco2)NN)c(OC)c1Br. The highest BCUT2D eigenvalue weighted by Gasteiger charge is 2.20. The summed E-state index contributed by atoms with van der Waals surface area (Å²) in [5.41, 5.74) is 3.81. The van der Waals surface area contributed by atoms with Crippen LogP contribution in [0.3, 0.4) is 0 Å². The molecule has 0 saturated carbocycles. The third kappa shape index (κ3) is 3.58. The van der Waals surface area contributed by atoms with Crippen LogP contribution in [0.5, 0.6) is 11.5 Å². The second kappa shape index (κ2) is 7.49. The van der Waals surface area contributed by atoms with Crippen molar-refractivity contribution >= 4 is 15.9 Å². The molecule has 0 aliphatic carbocycles. The molecule has 0 spiro atoms. The standard InChI is InChI=1S/C15H19BrN2O3/c1-19-13-8-6-11(15(20-2)14(13)16)12(18-17)7-5-10-4-3-9-21-10/h3-4,6,8-9,12,18H,5,7,17H2,1-2H3. The van der Waals surface area contributed by atoms with Crippen molar-refractivity contribution in [3.63, 3.8) is 0 Å². The maximum Gasteiger partial charge on any atom is 0.141 e. The van der Waals surface area contributed by atoms with Crippen LogP contribution in [-0.2, 0) is 6.42 Å². The summed E-state index contributed by atoms with van der Waals surface area (Å²) in [5.74, 6) is 8.08. The number of nitrogens with one attached hydrogen (secondary N) is 1. The van der Waals surface area contributed by atoms with Crippen molar-refractivity contribution in [2.75, 3.05) is 14.2 Å². The molecule has 1 aromatic carbocycles. The third-order valence-electron chi connectivity index (χ3n) is 3.35. The van der Waals surface area contributed by atoms with Crippen LogP contribution in [0.4, 0.5) is 0 Å². The summed E-state index contributed by atoms with van der Waals surface area (Å²) in [6.45, 7) is 0. The van der Waals surface area contributed by atoms with Crippen molar-refractivity contribution < 1.29 is 13.9 Å². The van der Waals surface area contributed by atoms with E-state index in [1.165, 1.54) is 0 Å². The third-order valence-corrected chi connectivity index (χ3v) is 4.10. The Morgan fingerprint density at radius 2 is 2.10 bits per heavy atom. The first-order chi connectivity index (χ1) is 10.2. The number of methoxy groups -OCH3 is 2. The molecular formula is C15H19BrN2O3. The topological polar surface area (TPSA) is 69.7 Å². The molecule has 5 nitrogen and oxygen atoms in total. The van der Waals surface area contributed by atoms with Crippen LogP contribution in [-0.4, -0.2) is 14.2 Å². The van der Waals surface area contributed by atoms with Gasteiger partial charge in [0.1, 0.15) is 21.7 Å². The molecule has 6 heteroatoms. The van der Waals surface area contributed by atoms with E-state index in [9.17, 15) is 0 Å². The second-order valence-electron chi connectivity index (χ2n) is 4.54. The lowest BCUT2D eigenvalue weighted by Gasteiger charge is -2.20. The molecule has 0 saturated heterocycles. The first-order valence-electron chi connectivity index (χ1n) is 6.60. The molecular weight excluding hydrogens is 336 g/mol. The molecule has 1 aromatic heterocycles. The highest BCUT2D eigenvalue weighted by molar-refractivity contribution is 9.10. The van der Waals surface area contributed by atoms with Gasteiger partial charge in [-0.1, -0.05) is 0 Å². The van der Waals surface area contributed by atoms with Gasteiger partial charge in [-0.05, 0) is 46.6 Å². The molecule has 3 N–H and O–H groups in total. The van der Waals surface area contributed by atoms with Gasteiger partial charge in [0.2, 0.25) is 0 Å². The molecule has 1 atom stereocenters. The average molecular weight is 355 g/mol. The van der Waals surface area contributed by atoms with Crippen molar-refractivity contribution in [3.05, 3.63) is 46.3 Å². The van der Waals surface area contributed by atoms with E-state index in [1.54, 1.807) is 20.5 Å². The molecule has 1 heterocycles. The van der Waals surface area contributed by atoms with E-state index in [1.807, 2.05) is 24.3 Å². The van der Waals surface area contributed by atoms with E-state index >= 15 is 0 Å². The van der Waals surface area contributed by atoms with Crippen molar-refractivity contribution in [1.29, 1.82) is 0 Å². The van der Waals surface area contributed by atoms with Crippen molar-refractivity contribution in [3.8, 4) is 11.5 Å². The molecule has 0 aliphatic heterocycles. The molecule has 0 fully saturated rings. The minimum Gasteiger partial charge on any atom is -0.495 e. The fraction of sp³-hybridized carbons (Fsp3) is 0.333. The summed E-state index contributed by atoms with van der Waals surface area (Å²) in [7, 11) is 3.25. The molecule has 1 unspecified atom stereocenters. The maximum absolute atomic E-state index is 5.71. The highest BCUT2D eigenvalue weighted by Crippen LogP contribution is 2.40. The number of hydrazine groups is 1. The van der Waals surface area contributed by atoms with E-state index in [-0.39, 0.29) is 6.04 Å². The molecule has 2 rings (SSSR count). The molecule has 0 radical (unpaired) electrons. The quantitative estimate of drug-likeness (QED) is 0.590. The number of aryl methyl sites for hydroxylation is 1. The van der Waals surface area contributed by atoms with Crippen LogP contribution in [0.2, 0.25) is 0 Å². The van der Waals surface area contributed by atoms with E-state index in [0.29, 0.717) is 0 Å². The monoisotopic (exact) mass is 354 g/mol. The van der Waals surface area contributed by atoms with Gasteiger partial charge < -0.3 is 13.9 Å². The second-order valence-corrected chi connectivity index (χ2v) is 5.33. The van der Waals surface area contributed by atoms with Gasteiger partial charge in [0, 0.05) is 12.0 Å². The van der Waals surface area contributed by atoms with Crippen molar-refractivity contribution in [2.45, 2.75) is 18.9 Å². The van der Waals surface area contributed by atoms with Crippen LogP contribution in [0.25, 0.3) is 0 Å². The van der Waals surface area contributed by atoms with Gasteiger partial charge in [-0.15, -0.1) is 0 Å². The van der Waals surface area contributed by atoms with Gasteiger partial charge in [-0.3, -0.25) is 11.3 Å². The average Bonchev–Trinajstić information content (AvgIpc) is 3.01. The molecule has 0 aliphatic rings. The molecule has 2 aromatic rings. The summed E-state index contributed by atoms with van der Waals surface area (Å²) in [4.78, 5) is 0. The summed E-state index contributed by atoms with van der Waals surface area (Å²) < 4.78 is 16.9. The summed E-state index contributed by atoms with van der Waals surface area (Å²) in [6, 6.07) is 7.63. The lowest BCUT2D eigenvalue weighted by molar-refractivity contribution is 0.376. The molecule has 21 heavy (non-hydrogen) atoms. The number of hydrogen-bond acceptors (Lipinski definition) is 5. The van der Waals surface area contributed by atoms with Gasteiger partial charge in [0.15, 0.2) is 0 Å². The van der Waals surface area contributed by atoms with E-state index in [4.69, 9.17) is 19.7 Å². The van der Waals surface area contributed by atoms with Gasteiger partial charge in [-0.2, -0.15) is 0 Å². The number of halogens is 1. The van der Waals surface area contributed by atoms with Crippen molar-refractivity contribution in [1.82, 2.24) is 5.43 Å². The highest BCUT2D eigenvalue weighted by atomic mass is 79.9. The number of nitrogens with two attached hydrogens (primary N) is 1. The Bertz CT molecular complexity index is 573. The van der Waals surface area contributed by atoms with E-state index < -0.39 is 0 Å². The maximum atomic E-state index is 5.71. The normalized spacial score (nSPS) is 12.2. The van der Waals surface area contributed by atoms with Gasteiger partial charge in [0.25, 0.3) is 0 Å². The summed E-state index contributed by atoms with van der Waals surface area (Å²) in [6.07, 6.45) is 3.25. The van der Waals surface area contributed by atoms with Crippen LogP contribution in [0.1, 0.15) is 23.8 Å². The molecule has 0 bridgehead atoms. The van der Waals surface area contributed by atoms with Crippen LogP contribution >= 0.6 is 15.9 Å². The largest absolute Gasteiger partial charge is 0.495 e. The van der Waals surface area contributed by atoms with Crippen LogP contribution < -0.4 is 20.7 Å². The predicted molar refractivity (Wildman–Crippen MR) is 84.3 cm³/mol. The van der Waals surface area contributed by atoms with Crippen LogP contribution in [0, 0.1) is 0 Å². The van der Waals surface area contributed by atoms with Gasteiger partial charge in [-0.25, -0.2) is 0 Å². The lowest BCUT2D eigenvalue weighted by Crippen LogP contribution is -2.28. The Labute approximate surface area is 132 Å². The number of benzene rings is 1. The van der Waals surface area contributed by atoms with E-state index in [2.05, 4.69) is 21.4 Å². The van der Waals surface area contributed by atoms with Crippen LogP contribution in [0.15, 0.2) is 39.4 Å². The Kier molecular flexibility index (Phi) is 5.67. The summed E-state index contributed by atoms with van der Waals surface area (Å²) >= 11 is 3.50. The number of hydrogen-bond donors (Lipinski definition) is 2. The predicted octanol–water partition coefficient (Wildman–Crippen LogP) is 3.20. The fourth-order valence-electron chi connectivity index (χ4n) is 2.26. The molecule has 0 amide bonds. The van der Waals surface area contributed by atoms with Crippen molar-refractivity contribution in [2.24, 2.45) is 5.84 Å². The smallest absolute Gasteiger partial charge is 0.141 e. The Balaban J connectivity index is 2.22. The number of ether oxygens (including phenoxy) is 2. The first kappa shape index (κ1) is 15.9. The fourth-order valence-corrected chi connectivity index (χ4v) is 2.95. The minimum atomic E-state index is -0.0488. The lowest BCUT2D eigenvalue weighted by atomic mass is 10.0. The Morgan fingerprint density at radius 3 is 2.67 bits per heavy atom. The van der Waals surface area contributed by atoms with E-state index in [0.717, 1.165) is 40.1 Å². The van der Waals surface area contributed by atoms with Gasteiger partial charge >= 0.3 is 0 Å². The zero-order chi connectivity index (χ0) is 15.2. The Morgan fingerprint density at radius 1 is 1.29 bits per heavy atom. The summed E-state index contributed by atoms with van der Waals surface area (Å²) in [5, 5.41) is 0. The van der Waals surface area contributed by atoms with Gasteiger partial charge in [0.05, 0.1) is 26.5 Å². The Hall–Kier alpha value is -1.50.